The highest BCUT2D eigenvalue weighted by molar-refractivity contribution is 5.23. The van der Waals surface area contributed by atoms with Crippen molar-refractivity contribution in [2.24, 2.45) is 0 Å². The van der Waals surface area contributed by atoms with E-state index in [-0.39, 0.29) is 0 Å². The third kappa shape index (κ3) is 6.53. The first kappa shape index (κ1) is 9.64. The Morgan fingerprint density at radius 3 is 2.82 bits per heavy atom. The van der Waals surface area contributed by atoms with E-state index < -0.39 is 5.83 Å². The van der Waals surface area contributed by atoms with Crippen molar-refractivity contribution in [2.45, 2.75) is 13.3 Å². The summed E-state index contributed by atoms with van der Waals surface area (Å²) < 4.78 is 12.1. The summed E-state index contributed by atoms with van der Waals surface area (Å²) in [7, 11) is 0. The maximum atomic E-state index is 12.1. The number of allylic oxidation sites excluding steroid dienone is 5. The monoisotopic (exact) mass is 151 g/mol. The van der Waals surface area contributed by atoms with Crippen LogP contribution in [-0.4, -0.2) is 0 Å². The van der Waals surface area contributed by atoms with Crippen molar-refractivity contribution in [2.75, 3.05) is 0 Å². The lowest BCUT2D eigenvalue weighted by molar-refractivity contribution is 0.670. The molecule has 0 spiro atoms. The van der Waals surface area contributed by atoms with Crippen LogP contribution in [0.25, 0.3) is 0 Å². The number of nitrogens with zero attached hydrogens (tertiary/aromatic N) is 1. The Hall–Kier alpha value is -1.36. The quantitative estimate of drug-likeness (QED) is 0.569. The molecule has 0 radical (unpaired) electrons. The minimum Gasteiger partial charge on any atom is -0.208 e. The van der Waals surface area contributed by atoms with E-state index in [1.807, 2.05) is 6.07 Å². The van der Waals surface area contributed by atoms with Gasteiger partial charge in [0.25, 0.3) is 0 Å². The summed E-state index contributed by atoms with van der Waals surface area (Å²) in [5.74, 6) is -0.468. The molecule has 0 N–H and O–H groups in total. The van der Waals surface area contributed by atoms with E-state index >= 15 is 0 Å². The highest BCUT2D eigenvalue weighted by Gasteiger charge is 1.83. The molecular weight excluding hydrogens is 141 g/mol. The third-order valence-electron chi connectivity index (χ3n) is 0.974. The fourth-order valence-corrected chi connectivity index (χ4v) is 0.593. The van der Waals surface area contributed by atoms with E-state index in [0.29, 0.717) is 6.42 Å². The van der Waals surface area contributed by atoms with Crippen molar-refractivity contribution in [3.05, 3.63) is 36.2 Å². The van der Waals surface area contributed by atoms with Crippen LogP contribution in [0.5, 0.6) is 0 Å². The molecule has 0 atom stereocenters. The molecule has 0 rings (SSSR count). The molecule has 58 valence electrons. The predicted molar refractivity (Wildman–Crippen MR) is 43.4 cm³/mol. The van der Waals surface area contributed by atoms with Gasteiger partial charge in [0.05, 0.1) is 12.5 Å². The molecule has 0 aromatic heterocycles. The van der Waals surface area contributed by atoms with Gasteiger partial charge in [-0.1, -0.05) is 18.7 Å². The van der Waals surface area contributed by atoms with Crippen LogP contribution in [0, 0.1) is 11.3 Å². The first-order valence-corrected chi connectivity index (χ1v) is 3.23. The van der Waals surface area contributed by atoms with Crippen LogP contribution >= 0.6 is 0 Å². The zero-order chi connectivity index (χ0) is 8.69. The summed E-state index contributed by atoms with van der Waals surface area (Å²) in [6.45, 7) is 4.83. The van der Waals surface area contributed by atoms with Crippen molar-refractivity contribution in [1.82, 2.24) is 0 Å². The van der Waals surface area contributed by atoms with Gasteiger partial charge >= 0.3 is 0 Å². The van der Waals surface area contributed by atoms with Crippen LogP contribution in [0.1, 0.15) is 13.3 Å². The largest absolute Gasteiger partial charge is 0.208 e. The summed E-state index contributed by atoms with van der Waals surface area (Å²) in [5.41, 5.74) is 0.757. The minimum atomic E-state index is -0.468. The van der Waals surface area contributed by atoms with Crippen LogP contribution in [0.3, 0.4) is 0 Å². The minimum absolute atomic E-state index is 0.351. The smallest absolute Gasteiger partial charge is 0.116 e. The summed E-state index contributed by atoms with van der Waals surface area (Å²) in [5, 5.41) is 8.15. The van der Waals surface area contributed by atoms with Crippen molar-refractivity contribution < 1.29 is 4.39 Å². The summed E-state index contributed by atoms with van der Waals surface area (Å²) in [4.78, 5) is 0. The Morgan fingerprint density at radius 2 is 2.36 bits per heavy atom. The highest BCUT2D eigenvalue weighted by atomic mass is 19.1. The Labute approximate surface area is 66.1 Å². The zero-order valence-electron chi connectivity index (χ0n) is 6.47. The van der Waals surface area contributed by atoms with E-state index in [1.54, 1.807) is 19.1 Å². The molecule has 0 saturated carbocycles. The van der Waals surface area contributed by atoms with Crippen molar-refractivity contribution >= 4 is 0 Å². The average Bonchev–Trinajstić information content (AvgIpc) is 1.86. The number of rotatable bonds is 3. The highest BCUT2D eigenvalue weighted by Crippen LogP contribution is 2.02. The molecule has 0 aliphatic rings. The molecule has 0 amide bonds. The van der Waals surface area contributed by atoms with Crippen LogP contribution in [0.2, 0.25) is 0 Å². The Bertz CT molecular complexity index is 230. The van der Waals surface area contributed by atoms with Gasteiger partial charge in [0.1, 0.15) is 5.83 Å². The lowest BCUT2D eigenvalue weighted by Crippen LogP contribution is -1.68. The van der Waals surface area contributed by atoms with E-state index in [2.05, 4.69) is 6.58 Å². The second kappa shape index (κ2) is 5.43. The van der Waals surface area contributed by atoms with Gasteiger partial charge < -0.3 is 0 Å². The Balaban J connectivity index is 3.97. The molecule has 0 fully saturated rings. The normalized spacial score (nSPS) is 11.5. The van der Waals surface area contributed by atoms with Crippen LogP contribution < -0.4 is 0 Å². The molecule has 0 bridgehead atoms. The molecule has 0 aromatic rings. The lowest BCUT2D eigenvalue weighted by Gasteiger charge is -1.87. The average molecular weight is 151 g/mol. The van der Waals surface area contributed by atoms with Crippen LogP contribution in [0.4, 0.5) is 4.39 Å². The first-order valence-electron chi connectivity index (χ1n) is 3.23. The van der Waals surface area contributed by atoms with E-state index in [1.165, 1.54) is 6.08 Å². The van der Waals surface area contributed by atoms with Gasteiger partial charge in [-0.3, -0.25) is 0 Å². The van der Waals surface area contributed by atoms with E-state index in [9.17, 15) is 4.39 Å². The van der Waals surface area contributed by atoms with Crippen LogP contribution in [-0.2, 0) is 0 Å². The third-order valence-corrected chi connectivity index (χ3v) is 0.974. The second-order valence-electron chi connectivity index (χ2n) is 2.10. The molecule has 11 heavy (non-hydrogen) atoms. The van der Waals surface area contributed by atoms with Gasteiger partial charge in [-0.05, 0) is 18.6 Å². The molecule has 2 heteroatoms. The molecular formula is C9H10FN. The first-order chi connectivity index (χ1) is 5.16. The zero-order valence-corrected chi connectivity index (χ0v) is 6.47. The fraction of sp³-hybridized carbons (Fsp3) is 0.222. The molecule has 1 nitrogen and oxygen atoms in total. The summed E-state index contributed by atoms with van der Waals surface area (Å²) >= 11 is 0. The topological polar surface area (TPSA) is 23.8 Å². The predicted octanol–water partition coefficient (Wildman–Crippen LogP) is 2.89. The molecule has 0 heterocycles. The second-order valence-corrected chi connectivity index (χ2v) is 2.10. The van der Waals surface area contributed by atoms with Crippen molar-refractivity contribution in [3.8, 4) is 6.07 Å². The van der Waals surface area contributed by atoms with Gasteiger partial charge in [-0.25, -0.2) is 4.39 Å². The van der Waals surface area contributed by atoms with Gasteiger partial charge in [-0.2, -0.15) is 5.26 Å². The maximum Gasteiger partial charge on any atom is 0.116 e. The number of nitriles is 1. The van der Waals surface area contributed by atoms with Crippen molar-refractivity contribution in [1.29, 1.82) is 5.26 Å². The number of hydrogen-bond donors (Lipinski definition) is 0. The van der Waals surface area contributed by atoms with Gasteiger partial charge in [0.2, 0.25) is 0 Å². The molecule has 0 aromatic carbocycles. The van der Waals surface area contributed by atoms with E-state index in [4.69, 9.17) is 5.26 Å². The van der Waals surface area contributed by atoms with E-state index in [0.717, 1.165) is 5.57 Å². The fourth-order valence-electron chi connectivity index (χ4n) is 0.593. The number of hydrogen-bond acceptors (Lipinski definition) is 1. The summed E-state index contributed by atoms with van der Waals surface area (Å²) in [6.07, 6.45) is 5.03. The molecule has 0 aliphatic heterocycles. The van der Waals surface area contributed by atoms with Gasteiger partial charge in [0.15, 0.2) is 0 Å². The summed E-state index contributed by atoms with van der Waals surface area (Å²) in [6, 6.07) is 1.95. The van der Waals surface area contributed by atoms with Crippen LogP contribution in [0.15, 0.2) is 36.2 Å². The number of halogens is 1. The standard InChI is InChI=1S/C9H10FN/c1-8(7-9(2)10)5-3-4-6-11/h3,5,7H,2,4H2,1H3/b5-3-,8-7-. The molecule has 0 aliphatic carbocycles. The Morgan fingerprint density at radius 1 is 1.73 bits per heavy atom. The molecule has 0 saturated heterocycles. The molecule has 0 unspecified atom stereocenters. The maximum absolute atomic E-state index is 12.1. The van der Waals surface area contributed by atoms with Gasteiger partial charge in [0, 0.05) is 0 Å². The SMILES string of the molecule is C=C(F)/C=C(C)\C=C/CC#N. The Kier molecular flexibility index (Phi) is 4.76. The van der Waals surface area contributed by atoms with Gasteiger partial charge in [-0.15, -0.1) is 0 Å². The van der Waals surface area contributed by atoms with Crippen molar-refractivity contribution in [3.63, 3.8) is 0 Å². The lowest BCUT2D eigenvalue weighted by atomic mass is 10.2.